The van der Waals surface area contributed by atoms with Crippen molar-refractivity contribution in [2.45, 2.75) is 31.6 Å². The molecular weight excluding hydrogens is 413 g/mol. The Bertz CT molecular complexity index is 1170. The highest BCUT2D eigenvalue weighted by Crippen LogP contribution is 2.27. The molecule has 0 radical (unpaired) electrons. The molecule has 1 heterocycles. The zero-order valence-electron chi connectivity index (χ0n) is 17.9. The van der Waals surface area contributed by atoms with Crippen LogP contribution in [0.15, 0.2) is 65.7 Å². The molecule has 0 spiro atoms. The maximum Gasteiger partial charge on any atom is 0.226 e. The first-order valence-corrected chi connectivity index (χ1v) is 11.8. The Kier molecular flexibility index (Phi) is 6.85. The van der Waals surface area contributed by atoms with Gasteiger partial charge < -0.3 is 4.90 Å². The number of aromatic nitrogens is 1. The van der Waals surface area contributed by atoms with E-state index < -0.39 is 15.5 Å². The highest BCUT2D eigenvalue weighted by Gasteiger charge is 2.15. The second kappa shape index (κ2) is 9.39. The normalized spacial score (nSPS) is 12.9. The third-order valence-electron chi connectivity index (χ3n) is 5.20. The summed E-state index contributed by atoms with van der Waals surface area (Å²) in [6, 6.07) is 15.4. The molecule has 0 saturated heterocycles. The standard InChI is InChI=1S/C24H26FN3O2S/c1-4-24(29)28(3)23-12-9-20(15-22(23)25)19-7-10-21(11-8-19)31(26,30)14-13-18-6-5-17(2)27-16-18/h5-12,15-16,26H,4,13-14H2,1-3H3. The first-order valence-electron chi connectivity index (χ1n) is 10.1. The van der Waals surface area contributed by atoms with Gasteiger partial charge in [-0.25, -0.2) is 13.4 Å². The molecule has 1 N–H and O–H groups in total. The summed E-state index contributed by atoms with van der Waals surface area (Å²) in [5, 5.41) is 0. The summed E-state index contributed by atoms with van der Waals surface area (Å²) in [5.74, 6) is -0.442. The average Bonchev–Trinajstić information content (AvgIpc) is 2.77. The zero-order chi connectivity index (χ0) is 22.6. The predicted octanol–water partition coefficient (Wildman–Crippen LogP) is 5.22. The predicted molar refractivity (Wildman–Crippen MR) is 122 cm³/mol. The molecule has 0 saturated carbocycles. The Morgan fingerprint density at radius 3 is 2.35 bits per heavy atom. The highest BCUT2D eigenvalue weighted by atomic mass is 32.2. The summed E-state index contributed by atoms with van der Waals surface area (Å²) >= 11 is 0. The fourth-order valence-corrected chi connectivity index (χ4v) is 4.56. The summed E-state index contributed by atoms with van der Waals surface area (Å²) in [6.07, 6.45) is 2.55. The van der Waals surface area contributed by atoms with Crippen molar-refractivity contribution in [2.24, 2.45) is 0 Å². The van der Waals surface area contributed by atoms with Gasteiger partial charge in [-0.15, -0.1) is 0 Å². The van der Waals surface area contributed by atoms with Crippen LogP contribution in [0.5, 0.6) is 0 Å². The van der Waals surface area contributed by atoms with Gasteiger partial charge in [-0.1, -0.05) is 31.2 Å². The largest absolute Gasteiger partial charge is 0.313 e. The number of halogens is 1. The zero-order valence-corrected chi connectivity index (χ0v) is 18.7. The first kappa shape index (κ1) is 22.6. The highest BCUT2D eigenvalue weighted by molar-refractivity contribution is 7.92. The van der Waals surface area contributed by atoms with Crippen molar-refractivity contribution in [3.63, 3.8) is 0 Å². The van der Waals surface area contributed by atoms with Crippen LogP contribution in [0.3, 0.4) is 0 Å². The molecule has 1 aromatic heterocycles. The lowest BCUT2D eigenvalue weighted by atomic mass is 10.0. The molecule has 0 aliphatic carbocycles. The number of hydrogen-bond donors (Lipinski definition) is 1. The van der Waals surface area contributed by atoms with Gasteiger partial charge in [-0.2, -0.15) is 0 Å². The molecule has 162 valence electrons. The fraction of sp³-hybridized carbons (Fsp3) is 0.250. The van der Waals surface area contributed by atoms with E-state index in [9.17, 15) is 13.4 Å². The quantitative estimate of drug-likeness (QED) is 0.549. The summed E-state index contributed by atoms with van der Waals surface area (Å²) in [5.41, 5.74) is 3.49. The number of anilines is 1. The lowest BCUT2D eigenvalue weighted by Crippen LogP contribution is -2.25. The van der Waals surface area contributed by atoms with Crippen molar-refractivity contribution in [1.82, 2.24) is 4.98 Å². The average molecular weight is 440 g/mol. The summed E-state index contributed by atoms with van der Waals surface area (Å²) in [7, 11) is -1.40. The number of nitrogens with one attached hydrogen (secondary N) is 1. The smallest absolute Gasteiger partial charge is 0.226 e. The maximum absolute atomic E-state index is 14.6. The summed E-state index contributed by atoms with van der Waals surface area (Å²) in [4.78, 5) is 17.8. The molecule has 5 nitrogen and oxygen atoms in total. The van der Waals surface area contributed by atoms with Gasteiger partial charge in [0.2, 0.25) is 5.91 Å². The Balaban J connectivity index is 1.75. The number of nitrogens with zero attached hydrogens (tertiary/aromatic N) is 2. The van der Waals surface area contributed by atoms with Gasteiger partial charge >= 0.3 is 0 Å². The molecule has 1 atom stereocenters. The van der Waals surface area contributed by atoms with Gasteiger partial charge in [-0.3, -0.25) is 9.78 Å². The minimum absolute atomic E-state index is 0.164. The van der Waals surface area contributed by atoms with Crippen molar-refractivity contribution < 1.29 is 13.4 Å². The van der Waals surface area contributed by atoms with Gasteiger partial charge in [0.25, 0.3) is 0 Å². The second-order valence-electron chi connectivity index (χ2n) is 7.43. The molecule has 7 heteroatoms. The molecule has 3 rings (SSSR count). The van der Waals surface area contributed by atoms with Crippen molar-refractivity contribution in [1.29, 1.82) is 4.78 Å². The van der Waals surface area contributed by atoms with Gasteiger partial charge in [0, 0.05) is 36.0 Å². The topological polar surface area (TPSA) is 74.1 Å². The Morgan fingerprint density at radius 1 is 1.10 bits per heavy atom. The minimum Gasteiger partial charge on any atom is -0.313 e. The van der Waals surface area contributed by atoms with E-state index in [4.69, 9.17) is 4.78 Å². The third kappa shape index (κ3) is 5.35. The van der Waals surface area contributed by atoms with Crippen LogP contribution in [-0.2, 0) is 20.9 Å². The number of amides is 1. The number of pyridine rings is 1. The van der Waals surface area contributed by atoms with E-state index in [-0.39, 0.29) is 17.3 Å². The van der Waals surface area contributed by atoms with Gasteiger partial charge in [0.15, 0.2) is 0 Å². The van der Waals surface area contributed by atoms with E-state index in [2.05, 4.69) is 4.98 Å². The molecule has 0 aliphatic heterocycles. The summed E-state index contributed by atoms with van der Waals surface area (Å²) < 4.78 is 35.8. The van der Waals surface area contributed by atoms with Gasteiger partial charge in [-0.05, 0) is 60.4 Å². The van der Waals surface area contributed by atoms with Gasteiger partial charge in [0.05, 0.1) is 15.4 Å². The molecule has 3 aromatic rings. The van der Waals surface area contributed by atoms with Crippen LogP contribution in [0.25, 0.3) is 11.1 Å². The number of hydrogen-bond acceptors (Lipinski definition) is 4. The first-order chi connectivity index (χ1) is 14.7. The lowest BCUT2D eigenvalue weighted by molar-refractivity contribution is -0.118. The molecule has 31 heavy (non-hydrogen) atoms. The summed E-state index contributed by atoms with van der Waals surface area (Å²) in [6.45, 7) is 3.63. The third-order valence-corrected chi connectivity index (χ3v) is 7.02. The molecule has 1 unspecified atom stereocenters. The number of carbonyl (C=O) groups is 1. The fourth-order valence-electron chi connectivity index (χ4n) is 3.22. The molecule has 0 fully saturated rings. The van der Waals surface area contributed by atoms with E-state index in [1.165, 1.54) is 11.0 Å². The molecular formula is C24H26FN3O2S. The van der Waals surface area contributed by atoms with Crippen molar-refractivity contribution >= 4 is 21.3 Å². The Hall–Kier alpha value is -3.06. The van der Waals surface area contributed by atoms with E-state index in [0.29, 0.717) is 23.3 Å². The van der Waals surface area contributed by atoms with E-state index in [1.807, 2.05) is 19.1 Å². The van der Waals surface area contributed by atoms with E-state index in [0.717, 1.165) is 16.8 Å². The van der Waals surface area contributed by atoms with Gasteiger partial charge in [0.1, 0.15) is 5.82 Å². The van der Waals surface area contributed by atoms with Crippen LogP contribution in [0.2, 0.25) is 0 Å². The second-order valence-corrected chi connectivity index (χ2v) is 9.66. The number of aryl methyl sites for hydroxylation is 2. The molecule has 1 amide bonds. The van der Waals surface area contributed by atoms with Crippen molar-refractivity contribution in [3.8, 4) is 11.1 Å². The van der Waals surface area contributed by atoms with E-state index >= 15 is 0 Å². The SMILES string of the molecule is CCC(=O)N(C)c1ccc(-c2ccc(S(=N)(=O)CCc3ccc(C)nc3)cc2)cc1F. The van der Waals surface area contributed by atoms with Crippen molar-refractivity contribution in [2.75, 3.05) is 17.7 Å². The van der Waals surface area contributed by atoms with E-state index in [1.54, 1.807) is 56.6 Å². The minimum atomic E-state index is -2.95. The number of benzene rings is 2. The van der Waals surface area contributed by atoms with Crippen LogP contribution in [-0.4, -0.2) is 27.9 Å². The monoisotopic (exact) mass is 439 g/mol. The van der Waals surface area contributed by atoms with Crippen LogP contribution in [0.4, 0.5) is 10.1 Å². The van der Waals surface area contributed by atoms with Crippen LogP contribution in [0.1, 0.15) is 24.6 Å². The number of carbonyl (C=O) groups excluding carboxylic acids is 1. The Morgan fingerprint density at radius 2 is 1.77 bits per heavy atom. The van der Waals surface area contributed by atoms with Crippen molar-refractivity contribution in [3.05, 3.63) is 77.9 Å². The molecule has 2 aromatic carbocycles. The maximum atomic E-state index is 14.6. The molecule has 0 aliphatic rings. The molecule has 0 bridgehead atoms. The lowest BCUT2D eigenvalue weighted by Gasteiger charge is -2.18. The van der Waals surface area contributed by atoms with Crippen LogP contribution < -0.4 is 4.90 Å². The Labute approximate surface area is 182 Å². The number of rotatable bonds is 7. The van der Waals surface area contributed by atoms with Crippen LogP contribution in [0, 0.1) is 17.5 Å². The van der Waals surface area contributed by atoms with Crippen LogP contribution >= 0.6 is 0 Å².